The number of hydrogen-bond donors (Lipinski definition) is 2. The maximum atomic E-state index is 13.0. The Hall–Kier alpha value is -1.30. The molecule has 2 saturated carbocycles. The van der Waals surface area contributed by atoms with Gasteiger partial charge in [-0.15, -0.1) is 0 Å². The lowest BCUT2D eigenvalue weighted by atomic mass is 9.82. The second kappa shape index (κ2) is 11.8. The van der Waals surface area contributed by atoms with Gasteiger partial charge in [-0.05, 0) is 58.8 Å². The third-order valence-electron chi connectivity index (χ3n) is 6.27. The van der Waals surface area contributed by atoms with Gasteiger partial charge in [0.2, 0.25) is 5.91 Å². The Bertz CT molecular complexity index is 505. The molecule has 0 saturated heterocycles. The summed E-state index contributed by atoms with van der Waals surface area (Å²) in [5, 5.41) is 12.5. The Morgan fingerprint density at radius 1 is 1.03 bits per heavy atom. The molecule has 2 aliphatic rings. The summed E-state index contributed by atoms with van der Waals surface area (Å²) in [6.07, 6.45) is 12.1. The zero-order valence-electron chi connectivity index (χ0n) is 18.8. The highest BCUT2D eigenvalue weighted by molar-refractivity contribution is 5.76. The van der Waals surface area contributed by atoms with E-state index in [1.54, 1.807) is 0 Å². The van der Waals surface area contributed by atoms with Crippen molar-refractivity contribution >= 4 is 12.0 Å². The minimum Gasteiger partial charge on any atom is -0.444 e. The highest BCUT2D eigenvalue weighted by Crippen LogP contribution is 2.29. The Balaban J connectivity index is 1.96. The fourth-order valence-corrected chi connectivity index (χ4v) is 4.86. The van der Waals surface area contributed by atoms with E-state index in [0.717, 1.165) is 38.5 Å². The van der Waals surface area contributed by atoms with E-state index in [4.69, 9.17) is 4.74 Å². The van der Waals surface area contributed by atoms with Crippen LogP contribution >= 0.6 is 0 Å². The molecule has 0 spiro atoms. The maximum absolute atomic E-state index is 13.0. The predicted octanol–water partition coefficient (Wildman–Crippen LogP) is 4.39. The topological polar surface area (TPSA) is 78.9 Å². The highest BCUT2D eigenvalue weighted by Gasteiger charge is 2.30. The van der Waals surface area contributed by atoms with Crippen molar-refractivity contribution in [2.75, 3.05) is 13.2 Å². The molecule has 0 aromatic rings. The summed E-state index contributed by atoms with van der Waals surface area (Å²) >= 11 is 0. The standard InChI is InChI=1S/C23H42N2O4/c1-23(2,3)29-22(28)24-20(18-10-6-4-7-11-18)14-15-21(27)25(16-17-26)19-12-8-5-9-13-19/h18-20,26H,4-17H2,1-3H3,(H,24,28). The van der Waals surface area contributed by atoms with E-state index in [-0.39, 0.29) is 30.7 Å². The van der Waals surface area contributed by atoms with Gasteiger partial charge in [0.1, 0.15) is 5.60 Å². The molecule has 2 N–H and O–H groups in total. The molecule has 0 aromatic carbocycles. The lowest BCUT2D eigenvalue weighted by Crippen LogP contribution is -2.46. The van der Waals surface area contributed by atoms with Crippen LogP contribution in [0.15, 0.2) is 0 Å². The van der Waals surface area contributed by atoms with Crippen LogP contribution in [-0.4, -0.2) is 52.8 Å². The van der Waals surface area contributed by atoms with Crippen molar-refractivity contribution in [1.29, 1.82) is 0 Å². The predicted molar refractivity (Wildman–Crippen MR) is 115 cm³/mol. The average molecular weight is 411 g/mol. The van der Waals surface area contributed by atoms with E-state index in [1.807, 2.05) is 25.7 Å². The molecule has 0 radical (unpaired) electrons. The van der Waals surface area contributed by atoms with Crippen molar-refractivity contribution in [3.63, 3.8) is 0 Å². The van der Waals surface area contributed by atoms with Crippen LogP contribution in [0, 0.1) is 5.92 Å². The first kappa shape index (κ1) is 24.0. The zero-order valence-corrected chi connectivity index (χ0v) is 18.8. The number of ether oxygens (including phenoxy) is 1. The van der Waals surface area contributed by atoms with Crippen molar-refractivity contribution in [2.45, 2.75) is 116 Å². The van der Waals surface area contributed by atoms with Crippen molar-refractivity contribution in [1.82, 2.24) is 10.2 Å². The Kier molecular flexibility index (Phi) is 9.73. The van der Waals surface area contributed by atoms with Gasteiger partial charge in [-0.3, -0.25) is 4.79 Å². The zero-order chi connectivity index (χ0) is 21.3. The molecule has 6 heteroatoms. The molecule has 2 fully saturated rings. The number of rotatable bonds is 8. The smallest absolute Gasteiger partial charge is 0.407 e. The molecule has 1 atom stereocenters. The average Bonchev–Trinajstić information content (AvgIpc) is 2.69. The van der Waals surface area contributed by atoms with E-state index in [9.17, 15) is 14.7 Å². The molecule has 168 valence electrons. The SMILES string of the molecule is CC(C)(C)OC(=O)NC(CCC(=O)N(CCO)C1CCCCC1)C1CCCCC1. The molecule has 0 bridgehead atoms. The Morgan fingerprint density at radius 2 is 1.62 bits per heavy atom. The van der Waals surface area contributed by atoms with Crippen LogP contribution in [0.3, 0.4) is 0 Å². The van der Waals surface area contributed by atoms with Gasteiger partial charge in [0.05, 0.1) is 6.61 Å². The number of aliphatic hydroxyl groups excluding tert-OH is 1. The molecule has 2 rings (SSSR count). The van der Waals surface area contributed by atoms with Crippen LogP contribution in [0.2, 0.25) is 0 Å². The van der Waals surface area contributed by atoms with Crippen molar-refractivity contribution < 1.29 is 19.4 Å². The summed E-state index contributed by atoms with van der Waals surface area (Å²) in [6.45, 7) is 6.01. The summed E-state index contributed by atoms with van der Waals surface area (Å²) < 4.78 is 5.47. The number of alkyl carbamates (subject to hydrolysis) is 1. The summed E-state index contributed by atoms with van der Waals surface area (Å²) in [4.78, 5) is 27.3. The third-order valence-corrected chi connectivity index (χ3v) is 6.27. The largest absolute Gasteiger partial charge is 0.444 e. The van der Waals surface area contributed by atoms with E-state index in [2.05, 4.69) is 5.32 Å². The lowest BCUT2D eigenvalue weighted by molar-refractivity contribution is -0.135. The molecule has 0 aromatic heterocycles. The van der Waals surface area contributed by atoms with Gasteiger partial charge in [0.15, 0.2) is 0 Å². The van der Waals surface area contributed by atoms with Gasteiger partial charge >= 0.3 is 6.09 Å². The molecule has 2 aliphatic carbocycles. The van der Waals surface area contributed by atoms with Gasteiger partial charge in [-0.2, -0.15) is 0 Å². The van der Waals surface area contributed by atoms with Gasteiger partial charge in [0, 0.05) is 25.0 Å². The van der Waals surface area contributed by atoms with Gasteiger partial charge < -0.3 is 20.1 Å². The van der Waals surface area contributed by atoms with Gasteiger partial charge in [-0.1, -0.05) is 38.5 Å². The number of carbonyl (C=O) groups is 2. The second-order valence-corrected chi connectivity index (χ2v) is 9.79. The van der Waals surface area contributed by atoms with E-state index in [0.29, 0.717) is 25.3 Å². The number of aliphatic hydroxyl groups is 1. The molecular weight excluding hydrogens is 368 g/mol. The summed E-state index contributed by atoms with van der Waals surface area (Å²) in [7, 11) is 0. The monoisotopic (exact) mass is 410 g/mol. The first-order valence-corrected chi connectivity index (χ1v) is 11.7. The van der Waals surface area contributed by atoms with Crippen molar-refractivity contribution in [3.05, 3.63) is 0 Å². The van der Waals surface area contributed by atoms with Crippen molar-refractivity contribution in [3.8, 4) is 0 Å². The molecule has 2 amide bonds. The van der Waals surface area contributed by atoms with Crippen LogP contribution < -0.4 is 5.32 Å². The third kappa shape index (κ3) is 8.53. The number of nitrogens with zero attached hydrogens (tertiary/aromatic N) is 1. The molecule has 1 unspecified atom stereocenters. The minimum absolute atomic E-state index is 0.00442. The maximum Gasteiger partial charge on any atom is 0.407 e. The normalized spacial score (nSPS) is 20.1. The molecule has 0 aliphatic heterocycles. The number of amides is 2. The van der Waals surface area contributed by atoms with Crippen LogP contribution in [0.1, 0.15) is 97.8 Å². The minimum atomic E-state index is -0.532. The van der Waals surface area contributed by atoms with Gasteiger partial charge in [-0.25, -0.2) is 4.79 Å². The quantitative estimate of drug-likeness (QED) is 0.622. The van der Waals surface area contributed by atoms with Gasteiger partial charge in [0.25, 0.3) is 0 Å². The molecule has 29 heavy (non-hydrogen) atoms. The Labute approximate surface area is 176 Å². The Morgan fingerprint density at radius 3 is 2.17 bits per heavy atom. The van der Waals surface area contributed by atoms with Crippen LogP contribution in [0.4, 0.5) is 4.79 Å². The first-order chi connectivity index (χ1) is 13.8. The second-order valence-electron chi connectivity index (χ2n) is 9.79. The summed E-state index contributed by atoms with van der Waals surface area (Å²) in [5.74, 6) is 0.516. The molecule has 0 heterocycles. The van der Waals surface area contributed by atoms with Crippen LogP contribution in [0.5, 0.6) is 0 Å². The number of carbonyl (C=O) groups excluding carboxylic acids is 2. The fraction of sp³-hybridized carbons (Fsp3) is 0.913. The lowest BCUT2D eigenvalue weighted by Gasteiger charge is -2.35. The van der Waals surface area contributed by atoms with Crippen LogP contribution in [0.25, 0.3) is 0 Å². The van der Waals surface area contributed by atoms with Crippen LogP contribution in [-0.2, 0) is 9.53 Å². The number of nitrogens with one attached hydrogen (secondary N) is 1. The fourth-order valence-electron chi connectivity index (χ4n) is 4.86. The summed E-state index contributed by atoms with van der Waals surface area (Å²) in [6, 6.07) is 0.228. The van der Waals surface area contributed by atoms with Crippen molar-refractivity contribution in [2.24, 2.45) is 5.92 Å². The first-order valence-electron chi connectivity index (χ1n) is 11.7. The highest BCUT2D eigenvalue weighted by atomic mass is 16.6. The molecular formula is C23H42N2O4. The van der Waals surface area contributed by atoms with E-state index >= 15 is 0 Å². The van der Waals surface area contributed by atoms with E-state index in [1.165, 1.54) is 25.7 Å². The van der Waals surface area contributed by atoms with E-state index < -0.39 is 5.60 Å². The summed E-state index contributed by atoms with van der Waals surface area (Å²) in [5.41, 5.74) is -0.532. The molecule has 6 nitrogen and oxygen atoms in total. The number of hydrogen-bond acceptors (Lipinski definition) is 4.